The number of hydrogen-bond donors (Lipinski definition) is 0. The Hall–Kier alpha value is -3.72. The number of piperidine rings is 2. The fourth-order valence-electron chi connectivity index (χ4n) is 6.91. The molecular weight excluding hydrogens is 508 g/mol. The quantitative estimate of drug-likeness (QED) is 0.354. The van der Waals surface area contributed by atoms with Crippen molar-refractivity contribution in [2.45, 2.75) is 70.6 Å². The van der Waals surface area contributed by atoms with E-state index in [0.29, 0.717) is 30.3 Å². The maximum Gasteiger partial charge on any atom is 0.415 e. The second-order valence-corrected chi connectivity index (χ2v) is 11.5. The molecule has 6 heterocycles. The first-order valence-electron chi connectivity index (χ1n) is 14.6. The summed E-state index contributed by atoms with van der Waals surface area (Å²) in [4.78, 5) is 47.9. The Kier molecular flexibility index (Phi) is 6.34. The van der Waals surface area contributed by atoms with Crippen molar-refractivity contribution in [1.29, 1.82) is 0 Å². The number of fused-ring (bicyclic) bond motifs is 5. The molecule has 1 aromatic carbocycles. The largest absolute Gasteiger partial charge is 0.460 e. The van der Waals surface area contributed by atoms with Gasteiger partial charge in [-0.2, -0.15) is 0 Å². The van der Waals surface area contributed by atoms with E-state index in [-0.39, 0.29) is 24.2 Å². The van der Waals surface area contributed by atoms with Crippen LogP contribution in [0.2, 0.25) is 0 Å². The summed E-state index contributed by atoms with van der Waals surface area (Å²) in [6.07, 6.45) is 6.14. The van der Waals surface area contributed by atoms with Crippen molar-refractivity contribution in [3.05, 3.63) is 57.4 Å². The SMILES string of the molecule is CCC1C(=O)OCc2c1cc1n(c2=O)Cc2cc3cc(OC(=O)N4CCC(N5CCCCC5)CC4)ccc3nc2-1. The van der Waals surface area contributed by atoms with E-state index < -0.39 is 5.92 Å². The van der Waals surface area contributed by atoms with Crippen LogP contribution in [0.1, 0.15) is 68.1 Å². The third-order valence-corrected chi connectivity index (χ3v) is 9.13. The second-order valence-electron chi connectivity index (χ2n) is 11.5. The number of pyridine rings is 2. The zero-order valence-electron chi connectivity index (χ0n) is 22.9. The van der Waals surface area contributed by atoms with Crippen molar-refractivity contribution in [2.24, 2.45) is 0 Å². The Balaban J connectivity index is 1.10. The van der Waals surface area contributed by atoms with Gasteiger partial charge in [-0.1, -0.05) is 13.3 Å². The van der Waals surface area contributed by atoms with Crippen molar-refractivity contribution >= 4 is 23.0 Å². The monoisotopic (exact) mass is 542 g/mol. The molecule has 0 spiro atoms. The lowest BCUT2D eigenvalue weighted by atomic mass is 9.90. The smallest absolute Gasteiger partial charge is 0.415 e. The summed E-state index contributed by atoms with van der Waals surface area (Å²) in [6, 6.07) is 10.0. The highest BCUT2D eigenvalue weighted by Gasteiger charge is 2.34. The zero-order valence-corrected chi connectivity index (χ0v) is 22.9. The van der Waals surface area contributed by atoms with E-state index in [1.54, 1.807) is 10.6 Å². The van der Waals surface area contributed by atoms with Gasteiger partial charge in [-0.3, -0.25) is 9.59 Å². The summed E-state index contributed by atoms with van der Waals surface area (Å²) in [5.74, 6) is -0.223. The molecule has 1 amide bonds. The Labute approximate surface area is 232 Å². The number of carbonyl (C=O) groups is 2. The van der Waals surface area contributed by atoms with Crippen LogP contribution in [-0.2, 0) is 22.7 Å². The number of amides is 1. The predicted octanol–water partition coefficient (Wildman–Crippen LogP) is 4.42. The maximum absolute atomic E-state index is 13.4. The van der Waals surface area contributed by atoms with E-state index in [0.717, 1.165) is 59.3 Å². The number of nitrogens with zero attached hydrogens (tertiary/aromatic N) is 4. The lowest BCUT2D eigenvalue weighted by molar-refractivity contribution is -0.148. The van der Waals surface area contributed by atoms with Gasteiger partial charge < -0.3 is 23.8 Å². The first-order valence-corrected chi connectivity index (χ1v) is 14.6. The lowest BCUT2D eigenvalue weighted by Gasteiger charge is -2.39. The highest BCUT2D eigenvalue weighted by Crippen LogP contribution is 2.37. The zero-order chi connectivity index (χ0) is 27.4. The highest BCUT2D eigenvalue weighted by atomic mass is 16.6. The average Bonchev–Trinajstić information content (AvgIpc) is 3.34. The van der Waals surface area contributed by atoms with Crippen LogP contribution in [0.3, 0.4) is 0 Å². The molecule has 2 saturated heterocycles. The molecule has 2 aromatic heterocycles. The molecule has 0 bridgehead atoms. The molecule has 0 aliphatic carbocycles. The van der Waals surface area contributed by atoms with Crippen LogP contribution in [0.15, 0.2) is 35.1 Å². The number of rotatable bonds is 3. The molecule has 4 aliphatic rings. The first-order chi connectivity index (χ1) is 19.5. The van der Waals surface area contributed by atoms with Gasteiger partial charge in [0.25, 0.3) is 5.56 Å². The Morgan fingerprint density at radius 1 is 1.05 bits per heavy atom. The molecule has 40 heavy (non-hydrogen) atoms. The van der Waals surface area contributed by atoms with Crippen molar-refractivity contribution in [1.82, 2.24) is 19.4 Å². The minimum absolute atomic E-state index is 0.0141. The summed E-state index contributed by atoms with van der Waals surface area (Å²) in [6.45, 7) is 6.14. The number of ether oxygens (including phenoxy) is 2. The lowest BCUT2D eigenvalue weighted by Crippen LogP contribution is -2.48. The fraction of sp³-hybridized carbons (Fsp3) is 0.484. The van der Waals surface area contributed by atoms with Crippen molar-refractivity contribution in [3.63, 3.8) is 0 Å². The normalized spacial score (nSPS) is 21.1. The van der Waals surface area contributed by atoms with E-state index in [1.165, 1.54) is 32.4 Å². The number of likely N-dealkylation sites (tertiary alicyclic amines) is 2. The number of aromatic nitrogens is 2. The van der Waals surface area contributed by atoms with Crippen molar-refractivity contribution in [2.75, 3.05) is 26.2 Å². The second kappa shape index (κ2) is 10.0. The van der Waals surface area contributed by atoms with Crippen LogP contribution in [0.25, 0.3) is 22.3 Å². The molecule has 0 saturated carbocycles. The van der Waals surface area contributed by atoms with Gasteiger partial charge in [0.2, 0.25) is 0 Å². The summed E-state index contributed by atoms with van der Waals surface area (Å²) in [5.41, 5.74) is 4.36. The molecule has 1 atom stereocenters. The standard InChI is InChI=1S/C31H34N4O5/c1-2-23-24-16-27-28-20(17-35(27)29(36)25(24)18-39-30(23)37)14-19-15-22(6-7-26(19)32-28)40-31(38)34-12-8-21(9-13-34)33-10-4-3-5-11-33/h6-7,14-16,21,23H,2-5,8-13,17-18H2,1H3. The molecule has 1 unspecified atom stereocenters. The van der Waals surface area contributed by atoms with E-state index in [4.69, 9.17) is 14.5 Å². The van der Waals surface area contributed by atoms with Crippen LogP contribution in [-0.4, -0.2) is 63.6 Å². The Morgan fingerprint density at radius 2 is 1.85 bits per heavy atom. The molecule has 9 heteroatoms. The topological polar surface area (TPSA) is 94.0 Å². The van der Waals surface area contributed by atoms with Crippen LogP contribution in [0.4, 0.5) is 4.79 Å². The average molecular weight is 543 g/mol. The van der Waals surface area contributed by atoms with Gasteiger partial charge >= 0.3 is 12.1 Å². The number of cyclic esters (lactones) is 1. The highest BCUT2D eigenvalue weighted by molar-refractivity contribution is 5.86. The van der Waals surface area contributed by atoms with Gasteiger partial charge in [0.05, 0.1) is 34.9 Å². The van der Waals surface area contributed by atoms with Crippen LogP contribution in [0, 0.1) is 0 Å². The van der Waals surface area contributed by atoms with E-state index >= 15 is 0 Å². The van der Waals surface area contributed by atoms with Gasteiger partial charge in [0.1, 0.15) is 12.4 Å². The molecule has 208 valence electrons. The number of esters is 1. The summed E-state index contributed by atoms with van der Waals surface area (Å²) < 4.78 is 12.8. The third kappa shape index (κ3) is 4.27. The van der Waals surface area contributed by atoms with E-state index in [1.807, 2.05) is 36.1 Å². The summed E-state index contributed by atoms with van der Waals surface area (Å²) in [7, 11) is 0. The minimum atomic E-state index is -0.431. The van der Waals surface area contributed by atoms with E-state index in [9.17, 15) is 14.4 Å². The van der Waals surface area contributed by atoms with Gasteiger partial charge in [-0.25, -0.2) is 9.78 Å². The van der Waals surface area contributed by atoms with Crippen LogP contribution < -0.4 is 10.3 Å². The summed E-state index contributed by atoms with van der Waals surface area (Å²) in [5, 5.41) is 0.850. The Morgan fingerprint density at radius 3 is 2.62 bits per heavy atom. The van der Waals surface area contributed by atoms with Gasteiger partial charge in [-0.05, 0) is 81.1 Å². The molecule has 4 aliphatic heterocycles. The maximum atomic E-state index is 13.4. The minimum Gasteiger partial charge on any atom is -0.460 e. The van der Waals surface area contributed by atoms with Crippen LogP contribution in [0.5, 0.6) is 5.75 Å². The van der Waals surface area contributed by atoms with Crippen LogP contribution >= 0.6 is 0 Å². The fourth-order valence-corrected chi connectivity index (χ4v) is 6.91. The number of carbonyl (C=O) groups excluding carboxylic acids is 2. The molecule has 0 N–H and O–H groups in total. The Bertz CT molecular complexity index is 1570. The summed E-state index contributed by atoms with van der Waals surface area (Å²) >= 11 is 0. The third-order valence-electron chi connectivity index (χ3n) is 9.13. The van der Waals surface area contributed by atoms with Gasteiger partial charge in [0, 0.05) is 30.1 Å². The number of benzene rings is 1. The van der Waals surface area contributed by atoms with E-state index in [2.05, 4.69) is 4.90 Å². The molecule has 3 aromatic rings. The molecule has 2 fully saturated rings. The molecule has 9 nitrogen and oxygen atoms in total. The number of hydrogen-bond acceptors (Lipinski definition) is 7. The van der Waals surface area contributed by atoms with Crippen molar-refractivity contribution < 1.29 is 19.1 Å². The first kappa shape index (κ1) is 25.3. The molecular formula is C31H34N4O5. The predicted molar refractivity (Wildman–Crippen MR) is 149 cm³/mol. The van der Waals surface area contributed by atoms with Gasteiger partial charge in [0.15, 0.2) is 0 Å². The molecule has 7 rings (SSSR count). The van der Waals surface area contributed by atoms with Crippen molar-refractivity contribution in [3.8, 4) is 17.1 Å². The molecule has 0 radical (unpaired) electrons. The van der Waals surface area contributed by atoms with Gasteiger partial charge in [-0.15, -0.1) is 0 Å².